The van der Waals surface area contributed by atoms with Gasteiger partial charge in [0.15, 0.2) is 5.96 Å². The van der Waals surface area contributed by atoms with Crippen LogP contribution in [-0.2, 0) is 34.0 Å². The first-order valence-corrected chi connectivity index (χ1v) is 18.8. The van der Waals surface area contributed by atoms with Gasteiger partial charge in [-0.15, -0.1) is 0 Å². The van der Waals surface area contributed by atoms with E-state index in [1.165, 1.54) is 0 Å². The summed E-state index contributed by atoms with van der Waals surface area (Å²) in [5.41, 5.74) is 8.27. The van der Waals surface area contributed by atoms with Crippen molar-refractivity contribution in [1.29, 1.82) is 0 Å². The lowest BCUT2D eigenvalue weighted by atomic mass is 10.0. The van der Waals surface area contributed by atoms with Gasteiger partial charge in [0.25, 0.3) is 0 Å². The van der Waals surface area contributed by atoms with Gasteiger partial charge in [-0.25, -0.2) is 18.4 Å². The Kier molecular flexibility index (Phi) is 16.0. The number of halogens is 2. The number of carbonyl (C=O) groups is 4. The molecule has 1 heterocycles. The largest absolute Gasteiger partial charge is 0.508 e. The number of urea groups is 1. The van der Waals surface area contributed by atoms with Gasteiger partial charge in [0.1, 0.15) is 35.1 Å². The molecule has 0 aromatic heterocycles. The molecule has 308 valence electrons. The summed E-state index contributed by atoms with van der Waals surface area (Å²) >= 11 is 0. The van der Waals surface area contributed by atoms with E-state index in [9.17, 15) is 33.1 Å². The molecule has 0 radical (unpaired) electrons. The number of anilines is 1. The first kappa shape index (κ1) is 43.8. The molecule has 5 amide bonds. The lowest BCUT2D eigenvalue weighted by molar-refractivity contribution is -0.132. The van der Waals surface area contributed by atoms with E-state index in [2.05, 4.69) is 36.9 Å². The molecule has 0 unspecified atom stereocenters. The van der Waals surface area contributed by atoms with Crippen LogP contribution in [0.2, 0.25) is 0 Å². The lowest BCUT2D eigenvalue weighted by Gasteiger charge is -2.29. The number of hydrogen-bond donors (Lipinski definition) is 8. The highest BCUT2D eigenvalue weighted by Gasteiger charge is 2.34. The van der Waals surface area contributed by atoms with Crippen molar-refractivity contribution in [2.45, 2.75) is 84.3 Å². The number of fused-ring (bicyclic) bond motifs is 1. The molecule has 0 saturated carbocycles. The van der Waals surface area contributed by atoms with Gasteiger partial charge >= 0.3 is 12.1 Å². The Bertz CT molecular complexity index is 1860. The number of ether oxygens (including phenoxy) is 1. The highest BCUT2D eigenvalue weighted by Crippen LogP contribution is 2.33. The van der Waals surface area contributed by atoms with Crippen LogP contribution < -0.4 is 37.6 Å². The van der Waals surface area contributed by atoms with Gasteiger partial charge in [-0.3, -0.25) is 24.8 Å². The van der Waals surface area contributed by atoms with Crippen molar-refractivity contribution >= 4 is 35.6 Å². The number of aromatic hydroxyl groups is 1. The summed E-state index contributed by atoms with van der Waals surface area (Å²) in [6.07, 6.45) is 0.394. The maximum atomic E-state index is 14.5. The van der Waals surface area contributed by atoms with Gasteiger partial charge in [0.05, 0.1) is 0 Å². The van der Waals surface area contributed by atoms with Crippen LogP contribution in [0.3, 0.4) is 0 Å². The summed E-state index contributed by atoms with van der Waals surface area (Å²) in [6, 6.07) is 14.2. The number of alkyl carbamates (subject to hydrolysis) is 1. The van der Waals surface area contributed by atoms with Crippen LogP contribution in [0.5, 0.6) is 5.75 Å². The highest BCUT2D eigenvalue weighted by molar-refractivity contribution is 5.95. The van der Waals surface area contributed by atoms with Crippen LogP contribution in [0.15, 0.2) is 65.7 Å². The minimum atomic E-state index is -1.17. The predicted octanol–water partition coefficient (Wildman–Crippen LogP) is 4.27. The fourth-order valence-electron chi connectivity index (χ4n) is 6.15. The van der Waals surface area contributed by atoms with Crippen LogP contribution >= 0.6 is 0 Å². The fraction of sp³-hybridized carbons (Fsp3) is 0.425. The Morgan fingerprint density at radius 2 is 1.60 bits per heavy atom. The average Bonchev–Trinajstić information content (AvgIpc) is 3.55. The molecule has 0 saturated heterocycles. The fourth-order valence-corrected chi connectivity index (χ4v) is 6.15. The second kappa shape index (κ2) is 20.8. The molecule has 17 heteroatoms. The van der Waals surface area contributed by atoms with Gasteiger partial charge in [-0.2, -0.15) is 0 Å². The molecule has 9 N–H and O–H groups in total. The maximum absolute atomic E-state index is 14.5. The van der Waals surface area contributed by atoms with E-state index in [4.69, 9.17) is 10.5 Å². The number of rotatable bonds is 17. The SMILES string of the molecule is CCNC(=O)NC(N)=NCCC[C@@H](NC(=O)[C@H](c1cccc(NCCCNC(=O)OC(C)(C)C)c1)N1Cc2ccccc2C1)C(=O)NCc1c(F)cc(O)cc1F. The van der Waals surface area contributed by atoms with E-state index in [0.29, 0.717) is 44.7 Å². The van der Waals surface area contributed by atoms with Crippen molar-refractivity contribution in [2.75, 3.05) is 31.5 Å². The number of guanidine groups is 1. The third-order valence-electron chi connectivity index (χ3n) is 8.74. The Hall–Kier alpha value is -5.97. The Labute approximate surface area is 331 Å². The summed E-state index contributed by atoms with van der Waals surface area (Å²) in [6.45, 7) is 8.87. The number of amides is 5. The summed E-state index contributed by atoms with van der Waals surface area (Å²) in [5.74, 6) is -4.00. The average molecular weight is 794 g/mol. The summed E-state index contributed by atoms with van der Waals surface area (Å²) < 4.78 is 34.4. The highest BCUT2D eigenvalue weighted by atomic mass is 19.1. The zero-order valence-electron chi connectivity index (χ0n) is 32.7. The number of phenols is 1. The Morgan fingerprint density at radius 1 is 0.912 bits per heavy atom. The molecule has 15 nitrogen and oxygen atoms in total. The zero-order valence-corrected chi connectivity index (χ0v) is 32.7. The van der Waals surface area contributed by atoms with Crippen LogP contribution in [0.1, 0.15) is 75.3 Å². The van der Waals surface area contributed by atoms with E-state index in [-0.39, 0.29) is 25.3 Å². The lowest BCUT2D eigenvalue weighted by Crippen LogP contribution is -2.50. The third-order valence-corrected chi connectivity index (χ3v) is 8.74. The zero-order chi connectivity index (χ0) is 41.5. The molecule has 0 fully saturated rings. The van der Waals surface area contributed by atoms with Gasteiger partial charge in [0.2, 0.25) is 11.8 Å². The van der Waals surface area contributed by atoms with Crippen LogP contribution in [0, 0.1) is 11.6 Å². The Morgan fingerprint density at radius 3 is 2.25 bits per heavy atom. The molecule has 1 aliphatic heterocycles. The standard InChI is InChI=1S/C40H53F2N9O6/c1-5-44-38(55)50-37(43)46-16-9-15-33(35(53)48-22-30-31(41)20-29(52)21-32(30)42)49-36(54)34(51-23-26-11-6-7-12-27(26)24-51)25-13-8-14-28(19-25)45-17-10-18-47-39(56)57-40(2,3)4/h6-8,11-14,19-21,33-34,45,52H,5,9-10,15-18,22-24H2,1-4H3,(H,47,56)(H,48,53)(H,49,54)(H4,43,44,46,50,55)/t33-,34+/m1/s1. The molecule has 3 aromatic rings. The second-order valence-electron chi connectivity index (χ2n) is 14.5. The van der Waals surface area contributed by atoms with Crippen molar-refractivity contribution in [3.05, 3.63) is 94.6 Å². The topological polar surface area (TPSA) is 212 Å². The van der Waals surface area contributed by atoms with Gasteiger partial charge in [0, 0.05) is 69.2 Å². The van der Waals surface area contributed by atoms with Crippen molar-refractivity contribution < 1.29 is 37.8 Å². The molecule has 2 atom stereocenters. The van der Waals surface area contributed by atoms with Crippen LogP contribution in [0.25, 0.3) is 0 Å². The number of phenolic OH excluding ortho intramolecular Hbond substituents is 1. The first-order valence-electron chi connectivity index (χ1n) is 18.8. The second-order valence-corrected chi connectivity index (χ2v) is 14.5. The van der Waals surface area contributed by atoms with E-state index in [1.54, 1.807) is 27.7 Å². The minimum Gasteiger partial charge on any atom is -0.508 e. The van der Waals surface area contributed by atoms with Gasteiger partial charge < -0.3 is 42.2 Å². The summed E-state index contributed by atoms with van der Waals surface area (Å²) in [4.78, 5) is 58.1. The van der Waals surface area contributed by atoms with E-state index >= 15 is 0 Å². The van der Waals surface area contributed by atoms with Gasteiger partial charge in [-0.05, 0) is 75.8 Å². The first-order chi connectivity index (χ1) is 27.1. The molecule has 3 aromatic carbocycles. The number of nitrogens with one attached hydrogen (secondary N) is 6. The summed E-state index contributed by atoms with van der Waals surface area (Å²) in [7, 11) is 0. The van der Waals surface area contributed by atoms with Crippen molar-refractivity contribution in [1.82, 2.24) is 31.5 Å². The molecule has 0 bridgehead atoms. The smallest absolute Gasteiger partial charge is 0.407 e. The number of hydrogen-bond acceptors (Lipinski definition) is 9. The number of nitrogens with zero attached hydrogens (tertiary/aromatic N) is 2. The Balaban J connectivity index is 1.52. The molecule has 4 rings (SSSR count). The summed E-state index contributed by atoms with van der Waals surface area (Å²) in [5, 5.41) is 26.0. The van der Waals surface area contributed by atoms with Crippen molar-refractivity contribution in [3.63, 3.8) is 0 Å². The number of aliphatic imine (C=N–C) groups is 1. The number of nitrogens with two attached hydrogens (primary N) is 1. The quantitative estimate of drug-likeness (QED) is 0.0557. The van der Waals surface area contributed by atoms with E-state index in [0.717, 1.165) is 28.9 Å². The van der Waals surface area contributed by atoms with Gasteiger partial charge in [-0.1, -0.05) is 36.4 Å². The molecule has 0 spiro atoms. The van der Waals surface area contributed by atoms with E-state index in [1.807, 2.05) is 53.4 Å². The van der Waals surface area contributed by atoms with E-state index < -0.39 is 71.1 Å². The van der Waals surface area contributed by atoms with Crippen LogP contribution in [0.4, 0.5) is 24.1 Å². The van der Waals surface area contributed by atoms with Crippen molar-refractivity contribution in [2.24, 2.45) is 10.7 Å². The normalized spacial score (nSPS) is 13.8. The molecule has 1 aliphatic rings. The number of benzene rings is 3. The minimum absolute atomic E-state index is 0.0575. The third kappa shape index (κ3) is 13.9. The molecular formula is C40H53F2N9O6. The number of carbonyl (C=O) groups excluding carboxylic acids is 4. The molecule has 0 aliphatic carbocycles. The molecular weight excluding hydrogens is 740 g/mol. The monoisotopic (exact) mass is 793 g/mol. The van der Waals surface area contributed by atoms with Crippen LogP contribution in [-0.4, -0.2) is 77.7 Å². The predicted molar refractivity (Wildman–Crippen MR) is 212 cm³/mol. The maximum Gasteiger partial charge on any atom is 0.407 e. The van der Waals surface area contributed by atoms with Crippen molar-refractivity contribution in [3.8, 4) is 5.75 Å². The molecule has 57 heavy (non-hydrogen) atoms.